The highest BCUT2D eigenvalue weighted by molar-refractivity contribution is 6.35. The van der Waals surface area contributed by atoms with Crippen LogP contribution < -0.4 is 10.6 Å². The lowest BCUT2D eigenvalue weighted by Crippen LogP contribution is -2.43. The predicted octanol–water partition coefficient (Wildman–Crippen LogP) is -0.441. The highest BCUT2D eigenvalue weighted by Crippen LogP contribution is 2.33. The topological polar surface area (TPSA) is 87.7 Å². The molecule has 6 nitrogen and oxygen atoms in total. The van der Waals surface area contributed by atoms with Crippen molar-refractivity contribution in [2.45, 2.75) is 44.3 Å². The second-order valence-electron chi connectivity index (χ2n) is 5.29. The van der Waals surface area contributed by atoms with Gasteiger partial charge in [-0.1, -0.05) is 0 Å². The Morgan fingerprint density at radius 1 is 1.21 bits per heavy atom. The fraction of sp³-hybridized carbons (Fsp3) is 0.846. The number of amides is 2. The number of ether oxygens (including phenoxy) is 1. The zero-order valence-corrected chi connectivity index (χ0v) is 11.1. The summed E-state index contributed by atoms with van der Waals surface area (Å²) < 4.78 is 5.35. The molecule has 2 fully saturated rings. The van der Waals surface area contributed by atoms with Gasteiger partial charge in [-0.05, 0) is 38.0 Å². The summed E-state index contributed by atoms with van der Waals surface area (Å²) in [5.74, 6) is -0.873. The van der Waals surface area contributed by atoms with Crippen molar-refractivity contribution in [3.63, 3.8) is 0 Å². The first-order chi connectivity index (χ1) is 9.16. The van der Waals surface area contributed by atoms with Gasteiger partial charge < -0.3 is 20.5 Å². The number of nitrogens with one attached hydrogen (secondary N) is 2. The zero-order valence-electron chi connectivity index (χ0n) is 11.1. The molecule has 1 aliphatic carbocycles. The predicted molar refractivity (Wildman–Crippen MR) is 68.3 cm³/mol. The van der Waals surface area contributed by atoms with E-state index in [1.165, 1.54) is 0 Å². The van der Waals surface area contributed by atoms with Crippen LogP contribution in [0.25, 0.3) is 0 Å². The molecule has 19 heavy (non-hydrogen) atoms. The van der Waals surface area contributed by atoms with Crippen molar-refractivity contribution in [3.05, 3.63) is 0 Å². The van der Waals surface area contributed by atoms with E-state index in [0.29, 0.717) is 25.4 Å². The Labute approximate surface area is 112 Å². The highest BCUT2D eigenvalue weighted by Gasteiger charge is 2.29. The lowest BCUT2D eigenvalue weighted by atomic mass is 10.1. The minimum atomic E-state index is -0.638. The maximum absolute atomic E-state index is 11.5. The molecule has 2 atom stereocenters. The van der Waals surface area contributed by atoms with E-state index < -0.39 is 11.8 Å². The molecule has 0 radical (unpaired) electrons. The Balaban J connectivity index is 1.54. The van der Waals surface area contributed by atoms with Gasteiger partial charge in [0.15, 0.2) is 0 Å². The van der Waals surface area contributed by atoms with Gasteiger partial charge in [0.1, 0.15) is 0 Å². The zero-order chi connectivity index (χ0) is 13.7. The van der Waals surface area contributed by atoms with E-state index in [9.17, 15) is 14.7 Å². The van der Waals surface area contributed by atoms with Crippen molar-refractivity contribution in [3.8, 4) is 0 Å². The van der Waals surface area contributed by atoms with Gasteiger partial charge in [0, 0.05) is 19.7 Å². The Kier molecular flexibility index (Phi) is 5.15. The van der Waals surface area contributed by atoms with Crippen LogP contribution in [0.15, 0.2) is 0 Å². The van der Waals surface area contributed by atoms with Crippen molar-refractivity contribution in [2.75, 3.05) is 19.7 Å². The first-order valence-electron chi connectivity index (χ1n) is 7.02. The number of rotatable bonds is 6. The standard InChI is InChI=1S/C13H22N2O4/c16-11(9-3-4-9)5-6-14-12(17)13(18)15-8-10-2-1-7-19-10/h9-11,16H,1-8H2,(H,14,17)(H,15,18)/t10-,11+/m1/s1. The molecule has 0 unspecified atom stereocenters. The van der Waals surface area contributed by atoms with Gasteiger partial charge >= 0.3 is 11.8 Å². The van der Waals surface area contributed by atoms with Gasteiger partial charge in [-0.15, -0.1) is 0 Å². The smallest absolute Gasteiger partial charge is 0.309 e. The fourth-order valence-corrected chi connectivity index (χ4v) is 2.22. The molecule has 0 aromatic rings. The third kappa shape index (κ3) is 4.80. The Hall–Kier alpha value is -1.14. The fourth-order valence-electron chi connectivity index (χ4n) is 2.22. The van der Waals surface area contributed by atoms with Crippen LogP contribution in [0, 0.1) is 5.92 Å². The van der Waals surface area contributed by atoms with Crippen LogP contribution in [0.2, 0.25) is 0 Å². The van der Waals surface area contributed by atoms with Crippen molar-refractivity contribution in [2.24, 2.45) is 5.92 Å². The molecule has 6 heteroatoms. The second-order valence-corrected chi connectivity index (χ2v) is 5.29. The van der Waals surface area contributed by atoms with Crippen molar-refractivity contribution in [1.82, 2.24) is 10.6 Å². The maximum Gasteiger partial charge on any atom is 0.309 e. The number of carbonyl (C=O) groups excluding carboxylic acids is 2. The molecule has 1 aliphatic heterocycles. The number of hydrogen-bond donors (Lipinski definition) is 3. The van der Waals surface area contributed by atoms with Crippen LogP contribution in [0.3, 0.4) is 0 Å². The lowest BCUT2D eigenvalue weighted by molar-refractivity contribution is -0.139. The molecule has 0 aromatic carbocycles. The van der Waals surface area contributed by atoms with Gasteiger partial charge in [-0.2, -0.15) is 0 Å². The van der Waals surface area contributed by atoms with E-state index in [2.05, 4.69) is 10.6 Å². The molecule has 0 bridgehead atoms. The summed E-state index contributed by atoms with van der Waals surface area (Å²) in [4.78, 5) is 22.9. The van der Waals surface area contributed by atoms with Gasteiger partial charge in [0.05, 0.1) is 12.2 Å². The minimum absolute atomic E-state index is 0.0356. The van der Waals surface area contributed by atoms with Gasteiger partial charge in [-0.3, -0.25) is 9.59 Å². The molecule has 1 heterocycles. The molecule has 0 spiro atoms. The Morgan fingerprint density at radius 2 is 1.95 bits per heavy atom. The molecule has 1 saturated carbocycles. The average molecular weight is 270 g/mol. The summed E-state index contributed by atoms with van der Waals surface area (Å²) in [7, 11) is 0. The average Bonchev–Trinajstić information content (AvgIpc) is 3.13. The molecule has 1 saturated heterocycles. The molecule has 3 N–H and O–H groups in total. The molecular formula is C13H22N2O4. The molecule has 0 aromatic heterocycles. The largest absolute Gasteiger partial charge is 0.393 e. The molecule has 2 amide bonds. The lowest BCUT2D eigenvalue weighted by Gasteiger charge is -2.12. The van der Waals surface area contributed by atoms with Crippen molar-refractivity contribution < 1.29 is 19.4 Å². The van der Waals surface area contributed by atoms with Crippen molar-refractivity contribution in [1.29, 1.82) is 0 Å². The summed E-state index contributed by atoms with van der Waals surface area (Å²) >= 11 is 0. The second kappa shape index (κ2) is 6.86. The van der Waals surface area contributed by atoms with E-state index >= 15 is 0 Å². The summed E-state index contributed by atoms with van der Waals surface area (Å²) in [6.07, 6.45) is 4.26. The van der Waals surface area contributed by atoms with Gasteiger partial charge in [0.25, 0.3) is 0 Å². The number of aliphatic hydroxyl groups excluding tert-OH is 1. The third-order valence-electron chi connectivity index (χ3n) is 3.61. The van der Waals surface area contributed by atoms with Crippen LogP contribution in [0.4, 0.5) is 0 Å². The first-order valence-corrected chi connectivity index (χ1v) is 7.02. The molecule has 2 rings (SSSR count). The Morgan fingerprint density at radius 3 is 2.58 bits per heavy atom. The number of hydrogen-bond acceptors (Lipinski definition) is 4. The summed E-state index contributed by atoms with van der Waals surface area (Å²) in [6.45, 7) is 1.45. The molecule has 108 valence electrons. The minimum Gasteiger partial charge on any atom is -0.393 e. The van der Waals surface area contributed by atoms with E-state index in [1.54, 1.807) is 0 Å². The molecular weight excluding hydrogens is 248 g/mol. The van der Waals surface area contributed by atoms with Gasteiger partial charge in [0.2, 0.25) is 0 Å². The quantitative estimate of drug-likeness (QED) is 0.571. The maximum atomic E-state index is 11.5. The first kappa shape index (κ1) is 14.3. The van der Waals surface area contributed by atoms with Crippen LogP contribution in [0.5, 0.6) is 0 Å². The van der Waals surface area contributed by atoms with Crippen molar-refractivity contribution >= 4 is 11.8 Å². The number of aliphatic hydroxyl groups is 1. The summed E-state index contributed by atoms with van der Waals surface area (Å²) in [5.41, 5.74) is 0. The SMILES string of the molecule is O=C(NCC[C@H](O)C1CC1)C(=O)NC[C@H]1CCCO1. The summed E-state index contributed by atoms with van der Waals surface area (Å²) in [5, 5.41) is 14.7. The van der Waals surface area contributed by atoms with Crippen LogP contribution in [-0.4, -0.2) is 48.8 Å². The summed E-state index contributed by atoms with van der Waals surface area (Å²) in [6, 6.07) is 0. The van der Waals surface area contributed by atoms with Crippen LogP contribution in [-0.2, 0) is 14.3 Å². The monoisotopic (exact) mass is 270 g/mol. The normalized spacial score (nSPS) is 23.9. The third-order valence-corrected chi connectivity index (χ3v) is 3.61. The van der Waals surface area contributed by atoms with E-state index in [4.69, 9.17) is 4.74 Å². The Bertz CT molecular complexity index is 325. The van der Waals surface area contributed by atoms with Crippen LogP contribution >= 0.6 is 0 Å². The number of carbonyl (C=O) groups is 2. The van der Waals surface area contributed by atoms with E-state index in [0.717, 1.165) is 32.3 Å². The van der Waals surface area contributed by atoms with Gasteiger partial charge in [-0.25, -0.2) is 0 Å². The molecule has 2 aliphatic rings. The van der Waals surface area contributed by atoms with E-state index in [-0.39, 0.29) is 12.2 Å². The van der Waals surface area contributed by atoms with E-state index in [1.807, 2.05) is 0 Å². The van der Waals surface area contributed by atoms with Crippen LogP contribution in [0.1, 0.15) is 32.1 Å². The highest BCUT2D eigenvalue weighted by atomic mass is 16.5.